The third-order valence-electron chi connectivity index (χ3n) is 2.91. The van der Waals surface area contributed by atoms with Crippen LogP contribution in [0.1, 0.15) is 16.2 Å². The molecule has 2 aromatic rings. The van der Waals surface area contributed by atoms with Crippen LogP contribution in [-0.2, 0) is 11.3 Å². The van der Waals surface area contributed by atoms with E-state index in [1.54, 1.807) is 30.3 Å². The summed E-state index contributed by atoms with van der Waals surface area (Å²) in [6, 6.07) is 6.30. The third-order valence-corrected chi connectivity index (χ3v) is 4.12. The second-order valence-electron chi connectivity index (χ2n) is 4.60. The molecule has 1 aromatic carbocycles. The number of rotatable bonds is 6. The van der Waals surface area contributed by atoms with Crippen molar-refractivity contribution < 1.29 is 9.59 Å². The highest BCUT2D eigenvalue weighted by Crippen LogP contribution is 2.16. The number of hydrogen-bond donors (Lipinski definition) is 1. The molecule has 0 aliphatic heterocycles. The molecular weight excluding hydrogens is 336 g/mol. The number of aromatic nitrogens is 3. The Bertz CT molecular complexity index is 728. The van der Waals surface area contributed by atoms with Crippen LogP contribution < -0.4 is 5.32 Å². The molecule has 6 nitrogen and oxygen atoms in total. The Hall–Kier alpha value is -2.12. The number of aryl methyl sites for hydroxylation is 1. The van der Waals surface area contributed by atoms with E-state index in [1.165, 1.54) is 11.8 Å². The zero-order chi connectivity index (χ0) is 16.8. The van der Waals surface area contributed by atoms with Crippen LogP contribution in [-0.4, -0.2) is 32.3 Å². The molecule has 0 fully saturated rings. The van der Waals surface area contributed by atoms with Gasteiger partial charge in [-0.2, -0.15) is 0 Å². The van der Waals surface area contributed by atoms with Gasteiger partial charge in [-0.3, -0.25) is 14.9 Å². The molecule has 0 spiro atoms. The summed E-state index contributed by atoms with van der Waals surface area (Å²) >= 11 is 6.97. The zero-order valence-corrected chi connectivity index (χ0v) is 14.0. The van der Waals surface area contributed by atoms with Crippen molar-refractivity contribution in [1.29, 1.82) is 0 Å². The minimum absolute atomic E-state index is 0.0641. The van der Waals surface area contributed by atoms with Gasteiger partial charge in [-0.25, -0.2) is 0 Å². The summed E-state index contributed by atoms with van der Waals surface area (Å²) in [7, 11) is 0. The quantitative estimate of drug-likeness (QED) is 0.639. The van der Waals surface area contributed by atoms with Crippen LogP contribution in [0.15, 0.2) is 42.1 Å². The van der Waals surface area contributed by atoms with Crippen molar-refractivity contribution in [2.45, 2.75) is 18.6 Å². The smallest absolute Gasteiger partial charge is 0.257 e. The Labute approximate surface area is 142 Å². The van der Waals surface area contributed by atoms with Gasteiger partial charge in [-0.05, 0) is 31.2 Å². The molecule has 1 heterocycles. The van der Waals surface area contributed by atoms with Gasteiger partial charge in [-0.15, -0.1) is 16.8 Å². The molecular formula is C15H15ClN4O2S. The SMILES string of the molecule is C=CCn1c(C)nnc1SCC(=O)NC(=O)c1ccc(Cl)cc1. The molecule has 0 saturated carbocycles. The minimum atomic E-state index is -0.462. The van der Waals surface area contributed by atoms with Crippen LogP contribution in [0.2, 0.25) is 5.02 Å². The number of carbonyl (C=O) groups excluding carboxylic acids is 2. The van der Waals surface area contributed by atoms with Gasteiger partial charge >= 0.3 is 0 Å². The molecule has 0 saturated heterocycles. The van der Waals surface area contributed by atoms with Crippen LogP contribution in [0.25, 0.3) is 0 Å². The maximum Gasteiger partial charge on any atom is 0.257 e. The van der Waals surface area contributed by atoms with Crippen LogP contribution in [0.5, 0.6) is 0 Å². The molecule has 120 valence electrons. The topological polar surface area (TPSA) is 76.9 Å². The van der Waals surface area contributed by atoms with E-state index in [0.717, 1.165) is 5.82 Å². The fourth-order valence-corrected chi connectivity index (χ4v) is 2.69. The van der Waals surface area contributed by atoms with Gasteiger partial charge in [0.05, 0.1) is 5.75 Å². The number of nitrogens with one attached hydrogen (secondary N) is 1. The predicted octanol–water partition coefficient (Wildman–Crippen LogP) is 2.47. The first kappa shape index (κ1) is 17.2. The molecule has 0 radical (unpaired) electrons. The molecule has 2 amide bonds. The Balaban J connectivity index is 1.91. The fourth-order valence-electron chi connectivity index (χ4n) is 1.77. The van der Waals surface area contributed by atoms with Crippen LogP contribution >= 0.6 is 23.4 Å². The molecule has 23 heavy (non-hydrogen) atoms. The van der Waals surface area contributed by atoms with Gasteiger partial charge in [-0.1, -0.05) is 29.4 Å². The summed E-state index contributed by atoms with van der Waals surface area (Å²) in [5.41, 5.74) is 0.374. The number of halogens is 1. The molecule has 0 aliphatic carbocycles. The number of thioether (sulfide) groups is 1. The fraction of sp³-hybridized carbons (Fsp3) is 0.200. The van der Waals surface area contributed by atoms with Gasteiger partial charge in [0.2, 0.25) is 5.91 Å². The molecule has 0 aliphatic rings. The normalized spacial score (nSPS) is 10.3. The number of hydrogen-bond acceptors (Lipinski definition) is 5. The van der Waals surface area contributed by atoms with E-state index in [1.807, 2.05) is 11.5 Å². The highest BCUT2D eigenvalue weighted by atomic mass is 35.5. The average molecular weight is 351 g/mol. The van der Waals surface area contributed by atoms with Crippen molar-refractivity contribution in [1.82, 2.24) is 20.1 Å². The Morgan fingerprint density at radius 1 is 1.35 bits per heavy atom. The summed E-state index contributed by atoms with van der Waals surface area (Å²) in [6.07, 6.45) is 1.73. The Morgan fingerprint density at radius 3 is 2.70 bits per heavy atom. The van der Waals surface area contributed by atoms with E-state index in [2.05, 4.69) is 22.1 Å². The largest absolute Gasteiger partial charge is 0.302 e. The van der Waals surface area contributed by atoms with Crippen molar-refractivity contribution >= 4 is 35.2 Å². The summed E-state index contributed by atoms with van der Waals surface area (Å²) in [6.45, 7) is 6.06. The molecule has 1 N–H and O–H groups in total. The molecule has 2 rings (SSSR count). The second-order valence-corrected chi connectivity index (χ2v) is 5.98. The summed E-state index contributed by atoms with van der Waals surface area (Å²) in [5, 5.41) is 11.4. The minimum Gasteiger partial charge on any atom is -0.302 e. The van der Waals surface area contributed by atoms with Gasteiger partial charge in [0, 0.05) is 17.1 Å². The van der Waals surface area contributed by atoms with Gasteiger partial charge in [0.1, 0.15) is 5.82 Å². The highest BCUT2D eigenvalue weighted by molar-refractivity contribution is 7.99. The third kappa shape index (κ3) is 4.67. The van der Waals surface area contributed by atoms with E-state index in [4.69, 9.17) is 11.6 Å². The van der Waals surface area contributed by atoms with E-state index < -0.39 is 11.8 Å². The first-order valence-electron chi connectivity index (χ1n) is 6.74. The summed E-state index contributed by atoms with van der Waals surface area (Å²) in [4.78, 5) is 23.8. The number of benzene rings is 1. The number of allylic oxidation sites excluding steroid dienone is 1. The molecule has 8 heteroatoms. The first-order chi connectivity index (χ1) is 11.0. The monoisotopic (exact) mass is 350 g/mol. The lowest BCUT2D eigenvalue weighted by molar-refractivity contribution is -0.117. The van der Waals surface area contributed by atoms with E-state index in [0.29, 0.717) is 22.3 Å². The maximum atomic E-state index is 11.9. The first-order valence-corrected chi connectivity index (χ1v) is 8.11. The van der Waals surface area contributed by atoms with Crippen molar-refractivity contribution in [3.05, 3.63) is 53.3 Å². The van der Waals surface area contributed by atoms with Crippen LogP contribution in [0, 0.1) is 6.92 Å². The zero-order valence-electron chi connectivity index (χ0n) is 12.5. The van der Waals surface area contributed by atoms with Crippen molar-refractivity contribution in [3.8, 4) is 0 Å². The lowest BCUT2D eigenvalue weighted by atomic mass is 10.2. The Morgan fingerprint density at radius 2 is 2.04 bits per heavy atom. The maximum absolute atomic E-state index is 11.9. The lowest BCUT2D eigenvalue weighted by Gasteiger charge is -2.06. The lowest BCUT2D eigenvalue weighted by Crippen LogP contribution is -2.31. The van der Waals surface area contributed by atoms with Gasteiger partial charge < -0.3 is 4.57 Å². The Kier molecular flexibility index (Phi) is 5.95. The van der Waals surface area contributed by atoms with Gasteiger partial charge in [0.15, 0.2) is 5.16 Å². The molecule has 0 atom stereocenters. The van der Waals surface area contributed by atoms with Crippen molar-refractivity contribution in [2.24, 2.45) is 0 Å². The summed E-state index contributed by atoms with van der Waals surface area (Å²) in [5.74, 6) is -0.0592. The standard InChI is InChI=1S/C15H15ClN4O2S/c1-3-8-20-10(2)18-19-15(20)23-9-13(21)17-14(22)11-4-6-12(16)7-5-11/h3-7H,1,8-9H2,2H3,(H,17,21,22). The number of imide groups is 1. The van der Waals surface area contributed by atoms with E-state index >= 15 is 0 Å². The van der Waals surface area contributed by atoms with E-state index in [9.17, 15) is 9.59 Å². The second kappa shape index (κ2) is 7.94. The summed E-state index contributed by atoms with van der Waals surface area (Å²) < 4.78 is 1.84. The number of nitrogens with zero attached hydrogens (tertiary/aromatic N) is 3. The number of carbonyl (C=O) groups is 2. The highest BCUT2D eigenvalue weighted by Gasteiger charge is 2.13. The molecule has 0 bridgehead atoms. The van der Waals surface area contributed by atoms with Gasteiger partial charge in [0.25, 0.3) is 5.91 Å². The van der Waals surface area contributed by atoms with Crippen molar-refractivity contribution in [2.75, 3.05) is 5.75 Å². The van der Waals surface area contributed by atoms with Crippen LogP contribution in [0.3, 0.4) is 0 Å². The van der Waals surface area contributed by atoms with E-state index in [-0.39, 0.29) is 5.75 Å². The number of amides is 2. The van der Waals surface area contributed by atoms with Crippen molar-refractivity contribution in [3.63, 3.8) is 0 Å². The predicted molar refractivity (Wildman–Crippen MR) is 89.6 cm³/mol. The average Bonchev–Trinajstić information content (AvgIpc) is 2.87. The molecule has 0 unspecified atom stereocenters. The molecule has 1 aromatic heterocycles. The van der Waals surface area contributed by atoms with Crippen LogP contribution in [0.4, 0.5) is 0 Å².